The number of amides is 2. The van der Waals surface area contributed by atoms with Crippen LogP contribution in [0.5, 0.6) is 0 Å². The summed E-state index contributed by atoms with van der Waals surface area (Å²) in [5.41, 5.74) is 2.81. The average molecular weight is 428 g/mol. The molecule has 3 aromatic rings. The monoisotopic (exact) mass is 427 g/mol. The smallest absolute Gasteiger partial charge is 0.332 e. The van der Waals surface area contributed by atoms with Crippen molar-refractivity contribution < 1.29 is 9.18 Å². The normalized spacial score (nSPS) is 10.6. The maximum absolute atomic E-state index is 13.4. The van der Waals surface area contributed by atoms with Crippen LogP contribution < -0.4 is 9.62 Å². The summed E-state index contributed by atoms with van der Waals surface area (Å²) in [6.07, 6.45) is 1.70. The lowest BCUT2D eigenvalue weighted by molar-refractivity contribution is 0.249. The molecule has 2 heterocycles. The van der Waals surface area contributed by atoms with E-state index in [2.05, 4.69) is 23.1 Å². The molecule has 0 spiro atoms. The van der Waals surface area contributed by atoms with Crippen LogP contribution in [0.25, 0.3) is 11.3 Å². The first kappa shape index (κ1) is 19.0. The molecule has 4 nitrogen and oxygen atoms in total. The van der Waals surface area contributed by atoms with E-state index < -0.39 is 11.8 Å². The molecule has 1 N–H and O–H groups in total. The molecule has 0 bridgehead atoms. The fourth-order valence-electron chi connectivity index (χ4n) is 2.27. The second-order valence-electron chi connectivity index (χ2n) is 5.19. The third-order valence-corrected chi connectivity index (χ3v) is 5.48. The number of benzene rings is 1. The molecule has 0 unspecified atom stereocenters. The van der Waals surface area contributed by atoms with E-state index in [0.717, 1.165) is 27.2 Å². The zero-order chi connectivity index (χ0) is 18.7. The molecule has 2 aromatic heterocycles. The molecule has 0 aliphatic carbocycles. The zero-order valence-corrected chi connectivity index (χ0v) is 16.3. The maximum Gasteiger partial charge on any atom is 0.332 e. The van der Waals surface area contributed by atoms with Gasteiger partial charge in [-0.1, -0.05) is 42.1 Å². The molecule has 9 heteroatoms. The molecule has 26 heavy (non-hydrogen) atoms. The van der Waals surface area contributed by atoms with Gasteiger partial charge in [0.05, 0.1) is 21.4 Å². The van der Waals surface area contributed by atoms with E-state index in [4.69, 9.17) is 23.2 Å². The van der Waals surface area contributed by atoms with Gasteiger partial charge < -0.3 is 5.32 Å². The number of hydrogen-bond acceptors (Lipinski definition) is 4. The first-order valence-electron chi connectivity index (χ1n) is 7.36. The summed E-state index contributed by atoms with van der Waals surface area (Å²) < 4.78 is 14.4. The summed E-state index contributed by atoms with van der Waals surface area (Å²) in [6, 6.07) is 7.56. The molecule has 0 saturated heterocycles. The van der Waals surface area contributed by atoms with Gasteiger partial charge in [-0.25, -0.2) is 13.5 Å². The van der Waals surface area contributed by atoms with Gasteiger partial charge in [0.1, 0.15) is 5.82 Å². The maximum atomic E-state index is 13.4. The number of carbonyl (C=O) groups excluding carboxylic acids is 1. The summed E-state index contributed by atoms with van der Waals surface area (Å²) >= 11 is 17.5. The first-order valence-corrected chi connectivity index (χ1v) is 9.45. The molecule has 2 amide bonds. The third-order valence-electron chi connectivity index (χ3n) is 3.55. The van der Waals surface area contributed by atoms with Crippen molar-refractivity contribution >= 4 is 59.1 Å². The van der Waals surface area contributed by atoms with E-state index in [1.54, 1.807) is 23.6 Å². The second kappa shape index (κ2) is 8.26. The third kappa shape index (κ3) is 3.96. The Kier molecular flexibility index (Phi) is 6.03. The largest absolute Gasteiger partial charge is 0.333 e. The molecule has 3 rings (SSSR count). The Bertz CT molecular complexity index is 938. The number of hydrogen-bond donors (Lipinski definition) is 2. The topological polar surface area (TPSA) is 45.2 Å². The molecule has 0 aliphatic rings. The summed E-state index contributed by atoms with van der Waals surface area (Å²) in [4.78, 5) is 16.8. The fourth-order valence-corrected chi connectivity index (χ4v) is 3.61. The average Bonchev–Trinajstić information content (AvgIpc) is 3.18. The SMILES string of the molecule is O=C(NCc1cccnc1-c1ccsc1)N(S)c1ccc(F)c(Cl)c1Cl. The lowest BCUT2D eigenvalue weighted by atomic mass is 10.1. The minimum absolute atomic E-state index is 0.0860. The lowest BCUT2D eigenvalue weighted by Gasteiger charge is -2.19. The van der Waals surface area contributed by atoms with E-state index in [1.807, 2.05) is 22.9 Å². The lowest BCUT2D eigenvalue weighted by Crippen LogP contribution is -2.33. The van der Waals surface area contributed by atoms with E-state index in [-0.39, 0.29) is 22.3 Å². The number of thiophene rings is 1. The van der Waals surface area contributed by atoms with Gasteiger partial charge in [-0.3, -0.25) is 4.98 Å². The number of urea groups is 1. The van der Waals surface area contributed by atoms with Crippen LogP contribution in [0.3, 0.4) is 0 Å². The van der Waals surface area contributed by atoms with Crippen molar-refractivity contribution in [3.8, 4) is 11.3 Å². The van der Waals surface area contributed by atoms with Gasteiger partial charge in [-0.05, 0) is 35.2 Å². The number of nitrogens with zero attached hydrogens (tertiary/aromatic N) is 2. The van der Waals surface area contributed by atoms with Gasteiger partial charge in [0.25, 0.3) is 0 Å². The van der Waals surface area contributed by atoms with Gasteiger partial charge in [0.15, 0.2) is 0 Å². The van der Waals surface area contributed by atoms with Crippen LogP contribution >= 0.6 is 47.4 Å². The predicted molar refractivity (Wildman–Crippen MR) is 108 cm³/mol. The van der Waals surface area contributed by atoms with Gasteiger partial charge in [-0.2, -0.15) is 11.3 Å². The van der Waals surface area contributed by atoms with Crippen molar-refractivity contribution in [2.75, 3.05) is 4.31 Å². The highest BCUT2D eigenvalue weighted by molar-refractivity contribution is 7.82. The van der Waals surface area contributed by atoms with E-state index in [1.165, 1.54) is 6.07 Å². The van der Waals surface area contributed by atoms with E-state index >= 15 is 0 Å². The van der Waals surface area contributed by atoms with Gasteiger partial charge in [0, 0.05) is 23.7 Å². The Labute approximate surface area is 169 Å². The summed E-state index contributed by atoms with van der Waals surface area (Å²) in [7, 11) is 0. The highest BCUT2D eigenvalue weighted by Gasteiger charge is 2.19. The second-order valence-corrected chi connectivity index (χ2v) is 7.12. The van der Waals surface area contributed by atoms with Crippen molar-refractivity contribution in [2.24, 2.45) is 0 Å². The standard InChI is InChI=1S/C17H12Cl2FN3OS2/c18-14-12(20)3-4-13(15(14)19)23(25)17(24)22-8-10-2-1-6-21-16(10)11-5-7-26-9-11/h1-7,9,25H,8H2,(H,22,24). The van der Waals surface area contributed by atoms with Crippen LogP contribution in [0.15, 0.2) is 47.3 Å². The predicted octanol–water partition coefficient (Wildman–Crippen LogP) is 5.82. The molecular weight excluding hydrogens is 416 g/mol. The summed E-state index contributed by atoms with van der Waals surface area (Å²) in [6.45, 7) is 0.238. The Morgan fingerprint density at radius 2 is 2.08 bits per heavy atom. The van der Waals surface area contributed by atoms with Crippen LogP contribution in [0, 0.1) is 5.82 Å². The summed E-state index contributed by atoms with van der Waals surface area (Å²) in [5.74, 6) is -0.668. The Morgan fingerprint density at radius 3 is 2.81 bits per heavy atom. The number of anilines is 1. The van der Waals surface area contributed by atoms with Crippen LogP contribution in [-0.4, -0.2) is 11.0 Å². The molecule has 0 radical (unpaired) electrons. The van der Waals surface area contributed by atoms with Crippen molar-refractivity contribution in [2.45, 2.75) is 6.54 Å². The number of thiol groups is 1. The number of aromatic nitrogens is 1. The van der Waals surface area contributed by atoms with Gasteiger partial charge in [-0.15, -0.1) is 0 Å². The summed E-state index contributed by atoms with van der Waals surface area (Å²) in [5, 5.41) is 6.34. The van der Waals surface area contributed by atoms with Crippen LogP contribution in [0.1, 0.15) is 5.56 Å². The fraction of sp³-hybridized carbons (Fsp3) is 0.0588. The highest BCUT2D eigenvalue weighted by Crippen LogP contribution is 2.35. The first-order chi connectivity index (χ1) is 12.5. The molecule has 0 saturated carbocycles. The minimum atomic E-state index is -0.668. The Morgan fingerprint density at radius 1 is 1.27 bits per heavy atom. The number of halogens is 3. The van der Waals surface area contributed by atoms with Crippen molar-refractivity contribution in [1.82, 2.24) is 10.3 Å². The number of nitrogens with one attached hydrogen (secondary N) is 1. The van der Waals surface area contributed by atoms with Crippen LogP contribution in [0.4, 0.5) is 14.9 Å². The van der Waals surface area contributed by atoms with Crippen LogP contribution in [-0.2, 0) is 6.54 Å². The quantitative estimate of drug-likeness (QED) is 0.407. The highest BCUT2D eigenvalue weighted by atomic mass is 35.5. The van der Waals surface area contributed by atoms with Crippen LogP contribution in [0.2, 0.25) is 10.0 Å². The zero-order valence-electron chi connectivity index (χ0n) is 13.1. The Balaban J connectivity index is 1.75. The van der Waals surface area contributed by atoms with E-state index in [0.29, 0.717) is 0 Å². The minimum Gasteiger partial charge on any atom is -0.333 e. The number of pyridine rings is 1. The van der Waals surface area contributed by atoms with Crippen molar-refractivity contribution in [3.63, 3.8) is 0 Å². The number of rotatable bonds is 4. The van der Waals surface area contributed by atoms with Gasteiger partial charge in [0.2, 0.25) is 0 Å². The van der Waals surface area contributed by atoms with Gasteiger partial charge >= 0.3 is 6.03 Å². The molecule has 134 valence electrons. The Hall–Kier alpha value is -1.80. The van der Waals surface area contributed by atoms with E-state index in [9.17, 15) is 9.18 Å². The van der Waals surface area contributed by atoms with Crippen molar-refractivity contribution in [1.29, 1.82) is 0 Å². The number of carbonyl (C=O) groups is 1. The molecule has 0 atom stereocenters. The van der Waals surface area contributed by atoms with Crippen molar-refractivity contribution in [3.05, 3.63) is 68.7 Å². The molecule has 0 fully saturated rings. The molecule has 1 aromatic carbocycles. The molecule has 0 aliphatic heterocycles. The molecular formula is C17H12Cl2FN3OS2.